The summed E-state index contributed by atoms with van der Waals surface area (Å²) in [6.45, 7) is 0.813. The number of sulfonamides is 1. The molecular weight excluding hydrogens is 442 g/mol. The molecule has 0 atom stereocenters. The molecule has 1 saturated heterocycles. The monoisotopic (exact) mass is 471 g/mol. The van der Waals surface area contributed by atoms with Crippen LogP contribution in [-0.4, -0.2) is 57.4 Å². The molecule has 2 fully saturated rings. The normalized spacial score (nSPS) is 18.1. The van der Waals surface area contributed by atoms with Crippen LogP contribution in [0.3, 0.4) is 0 Å². The first-order chi connectivity index (χ1) is 15.9. The number of hydrogen-bond donors (Lipinski definition) is 0. The Labute approximate surface area is 194 Å². The van der Waals surface area contributed by atoms with Crippen LogP contribution >= 0.6 is 0 Å². The summed E-state index contributed by atoms with van der Waals surface area (Å²) >= 11 is 0. The zero-order chi connectivity index (χ0) is 23.3. The molecule has 4 rings (SSSR count). The van der Waals surface area contributed by atoms with Crippen LogP contribution in [0, 0.1) is 0 Å². The van der Waals surface area contributed by atoms with Gasteiger partial charge in [-0.1, -0.05) is 49.6 Å². The lowest BCUT2D eigenvalue weighted by Gasteiger charge is -2.26. The molecule has 7 nitrogen and oxygen atoms in total. The Bertz CT molecular complexity index is 1080. The van der Waals surface area contributed by atoms with E-state index in [1.807, 2.05) is 12.1 Å². The van der Waals surface area contributed by atoms with Crippen LogP contribution in [0.5, 0.6) is 0 Å². The Morgan fingerprint density at radius 1 is 0.939 bits per heavy atom. The summed E-state index contributed by atoms with van der Waals surface area (Å²) in [4.78, 5) is 25.0. The van der Waals surface area contributed by atoms with Crippen molar-refractivity contribution in [3.63, 3.8) is 0 Å². The van der Waals surface area contributed by atoms with Gasteiger partial charge in [0, 0.05) is 18.7 Å². The minimum atomic E-state index is -3.73. The Kier molecular flexibility index (Phi) is 7.57. The number of esters is 1. The van der Waals surface area contributed by atoms with E-state index in [2.05, 4.69) is 0 Å². The maximum atomic E-state index is 12.8. The van der Waals surface area contributed by atoms with E-state index in [0.29, 0.717) is 24.7 Å². The first kappa shape index (κ1) is 23.6. The Morgan fingerprint density at radius 2 is 1.64 bits per heavy atom. The lowest BCUT2D eigenvalue weighted by Crippen LogP contribution is -2.40. The SMILES string of the molecule is O=C(COC(=O)c1cccc(S(=O)(=O)N2CCOCC2)c1)c1ccc(C2CCCCC2)cc1. The van der Waals surface area contributed by atoms with Crippen molar-refractivity contribution in [2.24, 2.45) is 0 Å². The number of carbonyl (C=O) groups is 2. The lowest BCUT2D eigenvalue weighted by atomic mass is 9.84. The number of nitrogens with zero attached hydrogens (tertiary/aromatic N) is 1. The van der Waals surface area contributed by atoms with E-state index in [0.717, 1.165) is 0 Å². The number of morpholine rings is 1. The van der Waals surface area contributed by atoms with E-state index >= 15 is 0 Å². The largest absolute Gasteiger partial charge is 0.454 e. The maximum absolute atomic E-state index is 12.8. The summed E-state index contributed by atoms with van der Waals surface area (Å²) in [6, 6.07) is 13.3. The van der Waals surface area contributed by atoms with Crippen molar-refractivity contribution in [1.82, 2.24) is 4.31 Å². The first-order valence-corrected chi connectivity index (χ1v) is 12.9. The molecule has 8 heteroatoms. The lowest BCUT2D eigenvalue weighted by molar-refractivity contribution is 0.0474. The van der Waals surface area contributed by atoms with E-state index in [-0.39, 0.29) is 29.3 Å². The van der Waals surface area contributed by atoms with Gasteiger partial charge in [0.2, 0.25) is 10.0 Å². The third-order valence-electron chi connectivity index (χ3n) is 6.32. The number of carbonyl (C=O) groups excluding carboxylic acids is 2. The summed E-state index contributed by atoms with van der Waals surface area (Å²) in [7, 11) is -3.73. The van der Waals surface area contributed by atoms with E-state index in [1.54, 1.807) is 12.1 Å². The maximum Gasteiger partial charge on any atom is 0.338 e. The summed E-state index contributed by atoms with van der Waals surface area (Å²) < 4.78 is 37.4. The summed E-state index contributed by atoms with van der Waals surface area (Å²) in [5.74, 6) is -0.474. The number of Topliss-reactive ketones (excluding diaryl/α,β-unsaturated/α-hetero) is 1. The van der Waals surface area contributed by atoms with Crippen LogP contribution in [0.4, 0.5) is 0 Å². The molecule has 2 aliphatic rings. The Morgan fingerprint density at radius 3 is 2.33 bits per heavy atom. The van der Waals surface area contributed by atoms with Crippen molar-refractivity contribution in [2.75, 3.05) is 32.9 Å². The Hall–Kier alpha value is -2.55. The second-order valence-electron chi connectivity index (χ2n) is 8.50. The van der Waals surface area contributed by atoms with Crippen molar-refractivity contribution in [3.8, 4) is 0 Å². The van der Waals surface area contributed by atoms with Crippen molar-refractivity contribution < 1.29 is 27.5 Å². The highest BCUT2D eigenvalue weighted by Crippen LogP contribution is 2.32. The average Bonchev–Trinajstić information content (AvgIpc) is 2.88. The zero-order valence-electron chi connectivity index (χ0n) is 18.6. The molecule has 2 aromatic carbocycles. The van der Waals surface area contributed by atoms with Gasteiger partial charge < -0.3 is 9.47 Å². The molecule has 0 radical (unpaired) electrons. The molecule has 0 aromatic heterocycles. The van der Waals surface area contributed by atoms with E-state index in [9.17, 15) is 18.0 Å². The molecular formula is C25H29NO6S. The van der Waals surface area contributed by atoms with Gasteiger partial charge in [-0.3, -0.25) is 4.79 Å². The molecule has 33 heavy (non-hydrogen) atoms. The number of hydrogen-bond acceptors (Lipinski definition) is 6. The van der Waals surface area contributed by atoms with Crippen molar-refractivity contribution in [3.05, 3.63) is 65.2 Å². The van der Waals surface area contributed by atoms with Gasteiger partial charge in [-0.15, -0.1) is 0 Å². The van der Waals surface area contributed by atoms with E-state index in [4.69, 9.17) is 9.47 Å². The third kappa shape index (κ3) is 5.69. The van der Waals surface area contributed by atoms with Gasteiger partial charge in [0.1, 0.15) is 0 Å². The topological polar surface area (TPSA) is 90.0 Å². The van der Waals surface area contributed by atoms with Crippen molar-refractivity contribution in [1.29, 1.82) is 0 Å². The molecule has 1 heterocycles. The summed E-state index contributed by atoms with van der Waals surface area (Å²) in [5, 5.41) is 0. The van der Waals surface area contributed by atoms with Gasteiger partial charge in [-0.05, 0) is 42.5 Å². The molecule has 0 spiro atoms. The highest BCUT2D eigenvalue weighted by Gasteiger charge is 2.27. The quantitative estimate of drug-likeness (QED) is 0.451. The minimum Gasteiger partial charge on any atom is -0.454 e. The van der Waals surface area contributed by atoms with Gasteiger partial charge in [-0.25, -0.2) is 13.2 Å². The fourth-order valence-electron chi connectivity index (χ4n) is 4.39. The molecule has 1 saturated carbocycles. The van der Waals surface area contributed by atoms with Gasteiger partial charge in [-0.2, -0.15) is 4.31 Å². The fraction of sp³-hybridized carbons (Fsp3) is 0.440. The van der Waals surface area contributed by atoms with Crippen LogP contribution in [0.15, 0.2) is 53.4 Å². The molecule has 1 aliphatic carbocycles. The Balaban J connectivity index is 1.36. The van der Waals surface area contributed by atoms with Gasteiger partial charge in [0.15, 0.2) is 12.4 Å². The van der Waals surface area contributed by atoms with Gasteiger partial charge >= 0.3 is 5.97 Å². The second-order valence-corrected chi connectivity index (χ2v) is 10.4. The van der Waals surface area contributed by atoms with Crippen LogP contribution in [-0.2, 0) is 19.5 Å². The fourth-order valence-corrected chi connectivity index (χ4v) is 5.85. The first-order valence-electron chi connectivity index (χ1n) is 11.4. The number of ether oxygens (including phenoxy) is 2. The average molecular weight is 472 g/mol. The predicted octanol–water partition coefficient (Wildman–Crippen LogP) is 3.79. The van der Waals surface area contributed by atoms with Crippen LogP contribution in [0.1, 0.15) is 64.3 Å². The highest BCUT2D eigenvalue weighted by atomic mass is 32.2. The van der Waals surface area contributed by atoms with E-state index < -0.39 is 22.6 Å². The van der Waals surface area contributed by atoms with Crippen LogP contribution in [0.25, 0.3) is 0 Å². The van der Waals surface area contributed by atoms with E-state index in [1.165, 1.54) is 66.2 Å². The van der Waals surface area contributed by atoms with Crippen LogP contribution in [0.2, 0.25) is 0 Å². The summed E-state index contributed by atoms with van der Waals surface area (Å²) in [5.41, 5.74) is 1.83. The number of ketones is 1. The summed E-state index contributed by atoms with van der Waals surface area (Å²) in [6.07, 6.45) is 6.16. The smallest absolute Gasteiger partial charge is 0.338 e. The highest BCUT2D eigenvalue weighted by molar-refractivity contribution is 7.89. The standard InChI is InChI=1S/C25H29NO6S/c27-24(21-11-9-20(10-12-21)19-5-2-1-3-6-19)18-32-25(28)22-7-4-8-23(17-22)33(29,30)26-13-15-31-16-14-26/h4,7-12,17,19H,1-3,5-6,13-16,18H2. The van der Waals surface area contributed by atoms with Crippen molar-refractivity contribution in [2.45, 2.75) is 42.9 Å². The molecule has 0 unspecified atom stereocenters. The predicted molar refractivity (Wildman–Crippen MR) is 123 cm³/mol. The molecule has 2 aromatic rings. The van der Waals surface area contributed by atoms with Crippen molar-refractivity contribution >= 4 is 21.8 Å². The van der Waals surface area contributed by atoms with Crippen LogP contribution < -0.4 is 0 Å². The molecule has 0 N–H and O–H groups in total. The second kappa shape index (κ2) is 10.6. The third-order valence-corrected chi connectivity index (χ3v) is 8.22. The number of rotatable bonds is 7. The molecule has 176 valence electrons. The molecule has 1 aliphatic heterocycles. The van der Waals surface area contributed by atoms with Gasteiger partial charge in [0.25, 0.3) is 0 Å². The zero-order valence-corrected chi connectivity index (χ0v) is 19.4. The van der Waals surface area contributed by atoms with Gasteiger partial charge in [0.05, 0.1) is 23.7 Å². The molecule has 0 bridgehead atoms. The number of benzene rings is 2. The minimum absolute atomic E-state index is 0.0171. The molecule has 0 amide bonds.